The van der Waals surface area contributed by atoms with Crippen LogP contribution in [0.2, 0.25) is 0 Å². The number of hydrogen-bond donors (Lipinski definition) is 2. The van der Waals surface area contributed by atoms with Crippen molar-refractivity contribution in [1.82, 2.24) is 4.90 Å². The Labute approximate surface area is 94.6 Å². The van der Waals surface area contributed by atoms with Crippen LogP contribution in [0.5, 0.6) is 0 Å². The van der Waals surface area contributed by atoms with E-state index >= 15 is 0 Å². The number of rotatable bonds is 4. The molecule has 1 aromatic rings. The summed E-state index contributed by atoms with van der Waals surface area (Å²) < 4.78 is 13.1. The molecule has 0 radical (unpaired) electrons. The Balaban J connectivity index is 2.21. The molecular formula is C12H16FN3. The van der Waals surface area contributed by atoms with Crippen molar-refractivity contribution >= 4 is 5.84 Å². The Morgan fingerprint density at radius 2 is 2.25 bits per heavy atom. The number of hydrogen-bond acceptors (Lipinski definition) is 2. The molecule has 0 saturated heterocycles. The Morgan fingerprint density at radius 3 is 2.81 bits per heavy atom. The van der Waals surface area contributed by atoms with Gasteiger partial charge in [0.15, 0.2) is 0 Å². The quantitative estimate of drug-likeness (QED) is 0.600. The highest BCUT2D eigenvalue weighted by Gasteiger charge is 2.26. The third kappa shape index (κ3) is 2.39. The molecule has 3 nitrogen and oxygen atoms in total. The van der Waals surface area contributed by atoms with Gasteiger partial charge in [-0.2, -0.15) is 0 Å². The second-order valence-corrected chi connectivity index (χ2v) is 4.36. The smallest absolute Gasteiger partial charge is 0.123 e. The zero-order chi connectivity index (χ0) is 11.7. The summed E-state index contributed by atoms with van der Waals surface area (Å²) in [7, 11) is 2.05. The monoisotopic (exact) mass is 221 g/mol. The van der Waals surface area contributed by atoms with Gasteiger partial charge in [0.2, 0.25) is 0 Å². The first-order valence-corrected chi connectivity index (χ1v) is 5.41. The molecule has 1 aliphatic carbocycles. The van der Waals surface area contributed by atoms with Gasteiger partial charge in [0, 0.05) is 18.2 Å². The van der Waals surface area contributed by atoms with Gasteiger partial charge in [-0.25, -0.2) is 4.39 Å². The Morgan fingerprint density at radius 1 is 1.56 bits per heavy atom. The van der Waals surface area contributed by atoms with Crippen molar-refractivity contribution in [3.63, 3.8) is 0 Å². The van der Waals surface area contributed by atoms with Crippen LogP contribution in [-0.4, -0.2) is 23.8 Å². The molecule has 1 saturated carbocycles. The van der Waals surface area contributed by atoms with Crippen LogP contribution in [0.15, 0.2) is 18.2 Å². The Bertz CT molecular complexity index is 413. The summed E-state index contributed by atoms with van der Waals surface area (Å²) in [6, 6.07) is 5.11. The standard InChI is InChI=1S/C12H16FN3/c1-16(10-4-5-10)7-8-2-3-9(13)6-11(8)12(14)15/h2-3,6,10H,4-5,7H2,1H3,(H3,14,15). The van der Waals surface area contributed by atoms with Gasteiger partial charge < -0.3 is 5.73 Å². The minimum Gasteiger partial charge on any atom is -0.384 e. The maximum atomic E-state index is 13.1. The van der Waals surface area contributed by atoms with Crippen molar-refractivity contribution in [2.45, 2.75) is 25.4 Å². The van der Waals surface area contributed by atoms with E-state index in [1.54, 1.807) is 6.07 Å². The van der Waals surface area contributed by atoms with Crippen LogP contribution in [0, 0.1) is 11.2 Å². The molecular weight excluding hydrogens is 205 g/mol. The highest BCUT2D eigenvalue weighted by molar-refractivity contribution is 5.96. The fourth-order valence-electron chi connectivity index (χ4n) is 1.85. The Kier molecular flexibility index (Phi) is 2.92. The average Bonchev–Trinajstić information content (AvgIpc) is 3.03. The van der Waals surface area contributed by atoms with Crippen LogP contribution in [0.3, 0.4) is 0 Å². The maximum Gasteiger partial charge on any atom is 0.123 e. The van der Waals surface area contributed by atoms with Crippen molar-refractivity contribution in [3.8, 4) is 0 Å². The highest BCUT2D eigenvalue weighted by atomic mass is 19.1. The lowest BCUT2D eigenvalue weighted by Gasteiger charge is -2.17. The number of nitrogen functional groups attached to an aromatic ring is 1. The summed E-state index contributed by atoms with van der Waals surface area (Å²) in [5, 5.41) is 7.43. The molecule has 0 bridgehead atoms. The van der Waals surface area contributed by atoms with Crippen molar-refractivity contribution in [2.24, 2.45) is 5.73 Å². The van der Waals surface area contributed by atoms with Crippen LogP contribution >= 0.6 is 0 Å². The second-order valence-electron chi connectivity index (χ2n) is 4.36. The molecule has 3 N–H and O–H groups in total. The molecule has 1 aromatic carbocycles. The van der Waals surface area contributed by atoms with E-state index in [4.69, 9.17) is 11.1 Å². The third-order valence-electron chi connectivity index (χ3n) is 2.95. The van der Waals surface area contributed by atoms with Gasteiger partial charge in [-0.3, -0.25) is 10.3 Å². The lowest BCUT2D eigenvalue weighted by Crippen LogP contribution is -2.23. The van der Waals surface area contributed by atoms with Gasteiger partial charge in [-0.05, 0) is 37.6 Å². The summed E-state index contributed by atoms with van der Waals surface area (Å²) in [6.07, 6.45) is 2.46. The molecule has 1 aliphatic rings. The van der Waals surface area contributed by atoms with Crippen molar-refractivity contribution in [1.29, 1.82) is 5.41 Å². The molecule has 0 heterocycles. The van der Waals surface area contributed by atoms with E-state index < -0.39 is 0 Å². The lowest BCUT2D eigenvalue weighted by molar-refractivity contribution is 0.316. The summed E-state index contributed by atoms with van der Waals surface area (Å²) in [5.41, 5.74) is 6.88. The number of benzene rings is 1. The first-order valence-electron chi connectivity index (χ1n) is 5.41. The molecule has 1 fully saturated rings. The van der Waals surface area contributed by atoms with E-state index in [1.807, 2.05) is 7.05 Å². The van der Waals surface area contributed by atoms with Gasteiger partial charge in [0.05, 0.1) is 0 Å². The van der Waals surface area contributed by atoms with Crippen molar-refractivity contribution in [3.05, 3.63) is 35.1 Å². The van der Waals surface area contributed by atoms with Gasteiger partial charge in [0.1, 0.15) is 11.7 Å². The first-order chi connectivity index (χ1) is 7.58. The number of nitrogens with zero attached hydrogens (tertiary/aromatic N) is 1. The largest absolute Gasteiger partial charge is 0.384 e. The maximum absolute atomic E-state index is 13.1. The van der Waals surface area contributed by atoms with E-state index in [1.165, 1.54) is 25.0 Å². The zero-order valence-electron chi connectivity index (χ0n) is 9.33. The number of amidine groups is 1. The predicted molar refractivity (Wildman–Crippen MR) is 61.9 cm³/mol. The van der Waals surface area contributed by atoms with Gasteiger partial charge in [-0.1, -0.05) is 6.07 Å². The van der Waals surface area contributed by atoms with Crippen molar-refractivity contribution in [2.75, 3.05) is 7.05 Å². The van der Waals surface area contributed by atoms with Crippen LogP contribution in [0.4, 0.5) is 4.39 Å². The molecule has 0 spiro atoms. The molecule has 0 aromatic heterocycles. The van der Waals surface area contributed by atoms with E-state index in [0.717, 1.165) is 12.1 Å². The second kappa shape index (κ2) is 4.22. The highest BCUT2D eigenvalue weighted by Crippen LogP contribution is 2.27. The molecule has 16 heavy (non-hydrogen) atoms. The Hall–Kier alpha value is -1.42. The van der Waals surface area contributed by atoms with E-state index in [-0.39, 0.29) is 11.7 Å². The molecule has 0 unspecified atom stereocenters. The molecule has 4 heteroatoms. The van der Waals surface area contributed by atoms with Gasteiger partial charge in [0.25, 0.3) is 0 Å². The summed E-state index contributed by atoms with van der Waals surface area (Å²) in [4.78, 5) is 2.22. The van der Waals surface area contributed by atoms with E-state index in [2.05, 4.69) is 4.90 Å². The zero-order valence-corrected chi connectivity index (χ0v) is 9.33. The SMILES string of the molecule is CN(Cc1ccc(F)cc1C(=N)N)C1CC1. The van der Waals surface area contributed by atoms with Gasteiger partial charge in [-0.15, -0.1) is 0 Å². The van der Waals surface area contributed by atoms with Crippen molar-refractivity contribution < 1.29 is 4.39 Å². The summed E-state index contributed by atoms with van der Waals surface area (Å²) in [5.74, 6) is -0.415. The number of nitrogens with two attached hydrogens (primary N) is 1. The minimum absolute atomic E-state index is 0.0707. The van der Waals surface area contributed by atoms with Crippen LogP contribution in [-0.2, 0) is 6.54 Å². The predicted octanol–water partition coefficient (Wildman–Crippen LogP) is 1.70. The summed E-state index contributed by atoms with van der Waals surface area (Å²) in [6.45, 7) is 0.722. The minimum atomic E-state index is -0.344. The molecule has 0 aliphatic heterocycles. The molecule has 0 atom stereocenters. The molecule has 86 valence electrons. The van der Waals surface area contributed by atoms with Gasteiger partial charge >= 0.3 is 0 Å². The summed E-state index contributed by atoms with van der Waals surface area (Å²) >= 11 is 0. The number of halogens is 1. The normalized spacial score (nSPS) is 15.4. The van der Waals surface area contributed by atoms with E-state index in [9.17, 15) is 4.39 Å². The molecule has 2 rings (SSSR count). The third-order valence-corrected chi connectivity index (χ3v) is 2.95. The van der Waals surface area contributed by atoms with Crippen LogP contribution < -0.4 is 5.73 Å². The van der Waals surface area contributed by atoms with Crippen LogP contribution in [0.1, 0.15) is 24.0 Å². The van der Waals surface area contributed by atoms with E-state index in [0.29, 0.717) is 11.6 Å². The fourth-order valence-corrected chi connectivity index (χ4v) is 1.85. The molecule has 0 amide bonds. The number of nitrogens with one attached hydrogen (secondary N) is 1. The average molecular weight is 221 g/mol. The van der Waals surface area contributed by atoms with Crippen LogP contribution in [0.25, 0.3) is 0 Å². The lowest BCUT2D eigenvalue weighted by atomic mass is 10.1. The first kappa shape index (κ1) is 11.1. The fraction of sp³-hybridized carbons (Fsp3) is 0.417. The topological polar surface area (TPSA) is 53.1 Å².